The summed E-state index contributed by atoms with van der Waals surface area (Å²) in [5.41, 5.74) is 5.83. The van der Waals surface area contributed by atoms with Gasteiger partial charge in [-0.2, -0.15) is 0 Å². The second kappa shape index (κ2) is 8.01. The van der Waals surface area contributed by atoms with Gasteiger partial charge in [0.15, 0.2) is 0 Å². The van der Waals surface area contributed by atoms with Gasteiger partial charge in [-0.05, 0) is 19.8 Å². The topological polar surface area (TPSA) is 53.7 Å². The first-order chi connectivity index (χ1) is 7.79. The van der Waals surface area contributed by atoms with E-state index in [0.29, 0.717) is 19.8 Å². The van der Waals surface area contributed by atoms with Crippen molar-refractivity contribution in [2.75, 3.05) is 26.4 Å². The van der Waals surface area contributed by atoms with E-state index in [1.54, 1.807) is 0 Å². The largest absolute Gasteiger partial charge is 0.379 e. The molecule has 3 atom stereocenters. The van der Waals surface area contributed by atoms with Crippen molar-refractivity contribution in [1.82, 2.24) is 0 Å². The average Bonchev–Trinajstić information content (AvgIpc) is 2.29. The maximum atomic E-state index is 5.83. The minimum atomic E-state index is 0.0839. The molecule has 0 radical (unpaired) electrons. The second-order valence-corrected chi connectivity index (χ2v) is 4.19. The predicted octanol–water partition coefficient (Wildman–Crippen LogP) is 1.32. The van der Waals surface area contributed by atoms with Crippen molar-refractivity contribution in [3.05, 3.63) is 0 Å². The molecule has 1 saturated carbocycles. The van der Waals surface area contributed by atoms with E-state index in [-0.39, 0.29) is 18.2 Å². The highest BCUT2D eigenvalue weighted by Crippen LogP contribution is 2.25. The highest BCUT2D eigenvalue weighted by Gasteiger charge is 2.40. The fraction of sp³-hybridized carbons (Fsp3) is 1.00. The number of hydrogen-bond donors (Lipinski definition) is 1. The van der Waals surface area contributed by atoms with Gasteiger partial charge in [-0.3, -0.25) is 0 Å². The van der Waals surface area contributed by atoms with Gasteiger partial charge in [0.2, 0.25) is 0 Å². The molecule has 0 saturated heterocycles. The van der Waals surface area contributed by atoms with Crippen LogP contribution in [-0.2, 0) is 14.2 Å². The standard InChI is InChI=1S/C12H25NO3/c1-3-5-6-14-7-8-16-11-9-10(13)12(11)15-4-2/h10-12H,3-9,13H2,1-2H3. The Morgan fingerprint density at radius 2 is 1.94 bits per heavy atom. The quantitative estimate of drug-likeness (QED) is 0.608. The van der Waals surface area contributed by atoms with Crippen molar-refractivity contribution in [3.63, 3.8) is 0 Å². The van der Waals surface area contributed by atoms with E-state index in [2.05, 4.69) is 6.92 Å². The summed E-state index contributed by atoms with van der Waals surface area (Å²) < 4.78 is 16.6. The van der Waals surface area contributed by atoms with Crippen molar-refractivity contribution in [1.29, 1.82) is 0 Å². The van der Waals surface area contributed by atoms with Gasteiger partial charge in [-0.25, -0.2) is 0 Å². The summed E-state index contributed by atoms with van der Waals surface area (Å²) in [6.07, 6.45) is 3.45. The van der Waals surface area contributed by atoms with Crippen LogP contribution in [0.1, 0.15) is 33.1 Å². The van der Waals surface area contributed by atoms with Crippen LogP contribution in [0.5, 0.6) is 0 Å². The van der Waals surface area contributed by atoms with E-state index in [4.69, 9.17) is 19.9 Å². The summed E-state index contributed by atoms with van der Waals surface area (Å²) in [4.78, 5) is 0. The van der Waals surface area contributed by atoms with E-state index < -0.39 is 0 Å². The van der Waals surface area contributed by atoms with Crippen molar-refractivity contribution in [2.45, 2.75) is 51.4 Å². The van der Waals surface area contributed by atoms with Gasteiger partial charge in [0, 0.05) is 19.3 Å². The first kappa shape index (κ1) is 13.9. The van der Waals surface area contributed by atoms with E-state index in [0.717, 1.165) is 19.4 Å². The minimum absolute atomic E-state index is 0.0839. The lowest BCUT2D eigenvalue weighted by molar-refractivity contribution is -0.143. The molecule has 4 heteroatoms. The summed E-state index contributed by atoms with van der Waals surface area (Å²) in [5, 5.41) is 0. The Morgan fingerprint density at radius 3 is 2.56 bits per heavy atom. The van der Waals surface area contributed by atoms with Crippen molar-refractivity contribution >= 4 is 0 Å². The summed E-state index contributed by atoms with van der Waals surface area (Å²) in [6.45, 7) is 6.98. The molecule has 0 heterocycles. The van der Waals surface area contributed by atoms with Gasteiger partial charge >= 0.3 is 0 Å². The van der Waals surface area contributed by atoms with Crippen LogP contribution in [0.4, 0.5) is 0 Å². The van der Waals surface area contributed by atoms with Crippen LogP contribution in [0.25, 0.3) is 0 Å². The molecule has 0 amide bonds. The summed E-state index contributed by atoms with van der Waals surface area (Å²) >= 11 is 0. The zero-order chi connectivity index (χ0) is 11.8. The molecule has 0 aromatic rings. The minimum Gasteiger partial charge on any atom is -0.379 e. The molecule has 0 spiro atoms. The van der Waals surface area contributed by atoms with E-state index in [9.17, 15) is 0 Å². The Bertz CT molecular complexity index is 178. The lowest BCUT2D eigenvalue weighted by atomic mass is 9.86. The fourth-order valence-corrected chi connectivity index (χ4v) is 1.81. The van der Waals surface area contributed by atoms with Crippen LogP contribution in [-0.4, -0.2) is 44.7 Å². The maximum Gasteiger partial charge on any atom is 0.0988 e. The van der Waals surface area contributed by atoms with Crippen molar-refractivity contribution < 1.29 is 14.2 Å². The molecule has 1 rings (SSSR count). The Balaban J connectivity index is 1.96. The Hall–Kier alpha value is -0.160. The van der Waals surface area contributed by atoms with Crippen LogP contribution < -0.4 is 5.73 Å². The summed E-state index contributed by atoms with van der Waals surface area (Å²) in [5.74, 6) is 0. The zero-order valence-corrected chi connectivity index (χ0v) is 10.5. The van der Waals surface area contributed by atoms with E-state index in [1.165, 1.54) is 6.42 Å². The molecule has 96 valence electrons. The van der Waals surface area contributed by atoms with Gasteiger partial charge in [0.05, 0.1) is 25.4 Å². The molecule has 1 fully saturated rings. The number of rotatable bonds is 9. The van der Waals surface area contributed by atoms with Crippen LogP contribution in [0.3, 0.4) is 0 Å². The van der Waals surface area contributed by atoms with E-state index >= 15 is 0 Å². The van der Waals surface area contributed by atoms with Gasteiger partial charge in [0.1, 0.15) is 0 Å². The molecular weight excluding hydrogens is 206 g/mol. The molecule has 2 N–H and O–H groups in total. The van der Waals surface area contributed by atoms with Crippen LogP contribution in [0.2, 0.25) is 0 Å². The summed E-state index contributed by atoms with van der Waals surface area (Å²) in [6, 6.07) is 0.144. The lowest BCUT2D eigenvalue weighted by Gasteiger charge is -2.41. The molecule has 1 aliphatic rings. The third-order valence-corrected chi connectivity index (χ3v) is 2.85. The fourth-order valence-electron chi connectivity index (χ4n) is 1.81. The van der Waals surface area contributed by atoms with Crippen LogP contribution >= 0.6 is 0 Å². The maximum absolute atomic E-state index is 5.83. The first-order valence-electron chi connectivity index (χ1n) is 6.36. The van der Waals surface area contributed by atoms with Gasteiger partial charge in [0.25, 0.3) is 0 Å². The Kier molecular flexibility index (Phi) is 6.96. The molecule has 0 aromatic heterocycles. The Morgan fingerprint density at radius 1 is 1.12 bits per heavy atom. The number of hydrogen-bond acceptors (Lipinski definition) is 4. The molecule has 0 aromatic carbocycles. The second-order valence-electron chi connectivity index (χ2n) is 4.19. The zero-order valence-electron chi connectivity index (χ0n) is 10.5. The molecule has 16 heavy (non-hydrogen) atoms. The monoisotopic (exact) mass is 231 g/mol. The third kappa shape index (κ3) is 4.37. The van der Waals surface area contributed by atoms with Gasteiger partial charge < -0.3 is 19.9 Å². The average molecular weight is 231 g/mol. The van der Waals surface area contributed by atoms with Crippen molar-refractivity contribution in [2.24, 2.45) is 5.73 Å². The predicted molar refractivity (Wildman–Crippen MR) is 63.5 cm³/mol. The first-order valence-corrected chi connectivity index (χ1v) is 6.36. The van der Waals surface area contributed by atoms with Gasteiger partial charge in [-0.1, -0.05) is 13.3 Å². The SMILES string of the molecule is CCCCOCCOC1CC(N)C1OCC. The number of ether oxygens (including phenoxy) is 3. The summed E-state index contributed by atoms with van der Waals surface area (Å²) in [7, 11) is 0. The normalized spacial score (nSPS) is 29.1. The van der Waals surface area contributed by atoms with Crippen molar-refractivity contribution in [3.8, 4) is 0 Å². The number of nitrogens with two attached hydrogens (primary N) is 1. The van der Waals surface area contributed by atoms with Crippen LogP contribution in [0.15, 0.2) is 0 Å². The highest BCUT2D eigenvalue weighted by molar-refractivity contribution is 4.95. The number of unbranched alkanes of at least 4 members (excludes halogenated alkanes) is 1. The van der Waals surface area contributed by atoms with Crippen LogP contribution in [0, 0.1) is 0 Å². The molecular formula is C12H25NO3. The highest BCUT2D eigenvalue weighted by atomic mass is 16.6. The Labute approximate surface area is 98.4 Å². The third-order valence-electron chi connectivity index (χ3n) is 2.85. The van der Waals surface area contributed by atoms with E-state index in [1.807, 2.05) is 6.92 Å². The molecule has 4 nitrogen and oxygen atoms in total. The molecule has 0 aliphatic heterocycles. The lowest BCUT2D eigenvalue weighted by Crippen LogP contribution is -2.58. The smallest absolute Gasteiger partial charge is 0.0988 e. The molecule has 3 unspecified atom stereocenters. The van der Waals surface area contributed by atoms with Gasteiger partial charge in [-0.15, -0.1) is 0 Å². The molecule has 0 bridgehead atoms. The molecule has 1 aliphatic carbocycles.